The fraction of sp³-hybridized carbons (Fsp3) is 0.500. The monoisotopic (exact) mass is 178 g/mol. The third-order valence-corrected chi connectivity index (χ3v) is 2.37. The van der Waals surface area contributed by atoms with E-state index in [4.69, 9.17) is 10.5 Å². The van der Waals surface area contributed by atoms with Crippen molar-refractivity contribution in [3.63, 3.8) is 0 Å². The predicted octanol–water partition coefficient (Wildman–Crippen LogP) is 1.69. The minimum atomic E-state index is 0.555. The molecule has 0 atom stereocenters. The number of ether oxygens (including phenoxy) is 1. The number of pyridine rings is 1. The van der Waals surface area contributed by atoms with Crippen molar-refractivity contribution in [2.75, 3.05) is 12.8 Å². The lowest BCUT2D eigenvalue weighted by atomic mass is 10.1. The van der Waals surface area contributed by atoms with E-state index < -0.39 is 0 Å². The molecule has 1 aliphatic rings. The lowest BCUT2D eigenvalue weighted by Crippen LogP contribution is -2.00. The van der Waals surface area contributed by atoms with Gasteiger partial charge in [-0.3, -0.25) is 0 Å². The van der Waals surface area contributed by atoms with Crippen LogP contribution in [0.2, 0.25) is 0 Å². The third-order valence-electron chi connectivity index (χ3n) is 2.37. The average Bonchev–Trinajstić information content (AvgIpc) is 2.92. The molecule has 1 aliphatic carbocycles. The Labute approximate surface area is 77.9 Å². The summed E-state index contributed by atoms with van der Waals surface area (Å²) in [5.74, 6) is 1.31. The van der Waals surface area contributed by atoms with Crippen LogP contribution >= 0.6 is 0 Å². The molecular weight excluding hydrogens is 164 g/mol. The SMILES string of the molecule is COCc1cc(C2CC2)cnc1N. The first-order valence-corrected chi connectivity index (χ1v) is 4.54. The number of hydrogen-bond acceptors (Lipinski definition) is 3. The van der Waals surface area contributed by atoms with Crippen LogP contribution in [0.1, 0.15) is 29.9 Å². The molecule has 0 aromatic carbocycles. The van der Waals surface area contributed by atoms with Gasteiger partial charge < -0.3 is 10.5 Å². The number of methoxy groups -OCH3 is 1. The molecule has 1 heterocycles. The Morgan fingerprint density at radius 3 is 3.00 bits per heavy atom. The van der Waals surface area contributed by atoms with Gasteiger partial charge in [-0.2, -0.15) is 0 Å². The molecular formula is C10H14N2O. The summed E-state index contributed by atoms with van der Waals surface area (Å²) in [4.78, 5) is 4.16. The maximum Gasteiger partial charge on any atom is 0.128 e. The summed E-state index contributed by atoms with van der Waals surface area (Å²) in [6.45, 7) is 0.555. The molecule has 0 radical (unpaired) electrons. The maximum atomic E-state index is 5.70. The van der Waals surface area contributed by atoms with Gasteiger partial charge in [0.2, 0.25) is 0 Å². The standard InChI is InChI=1S/C10H14N2O/c1-13-6-9-4-8(7-2-3-7)5-12-10(9)11/h4-5,7H,2-3,6H2,1H3,(H2,11,12). The molecule has 0 amide bonds. The van der Waals surface area contributed by atoms with Crippen LogP contribution in [0.3, 0.4) is 0 Å². The highest BCUT2D eigenvalue weighted by molar-refractivity contribution is 5.42. The van der Waals surface area contributed by atoms with E-state index in [1.165, 1.54) is 18.4 Å². The molecule has 1 fully saturated rings. The molecule has 1 saturated carbocycles. The molecule has 0 saturated heterocycles. The number of nitrogens with two attached hydrogens (primary N) is 1. The van der Waals surface area contributed by atoms with Crippen molar-refractivity contribution in [3.05, 3.63) is 23.4 Å². The first-order chi connectivity index (χ1) is 6.31. The minimum Gasteiger partial charge on any atom is -0.383 e. The Morgan fingerprint density at radius 1 is 1.62 bits per heavy atom. The van der Waals surface area contributed by atoms with Gasteiger partial charge in [0.25, 0.3) is 0 Å². The summed E-state index contributed by atoms with van der Waals surface area (Å²) < 4.78 is 5.04. The second-order valence-corrected chi connectivity index (χ2v) is 3.52. The third kappa shape index (κ3) is 1.80. The van der Waals surface area contributed by atoms with Gasteiger partial charge in [0, 0.05) is 18.9 Å². The average molecular weight is 178 g/mol. The minimum absolute atomic E-state index is 0.555. The first-order valence-electron chi connectivity index (χ1n) is 4.54. The van der Waals surface area contributed by atoms with Gasteiger partial charge in [-0.25, -0.2) is 4.98 Å². The molecule has 0 unspecified atom stereocenters. The van der Waals surface area contributed by atoms with Gasteiger partial charge in [-0.1, -0.05) is 0 Å². The molecule has 0 aliphatic heterocycles. The zero-order valence-corrected chi connectivity index (χ0v) is 7.79. The summed E-state index contributed by atoms with van der Waals surface area (Å²) >= 11 is 0. The molecule has 0 bridgehead atoms. The number of nitrogens with zero attached hydrogens (tertiary/aromatic N) is 1. The van der Waals surface area contributed by atoms with Crippen LogP contribution in [-0.4, -0.2) is 12.1 Å². The quantitative estimate of drug-likeness (QED) is 0.766. The first kappa shape index (κ1) is 8.51. The normalized spacial score (nSPS) is 16.1. The number of anilines is 1. The van der Waals surface area contributed by atoms with Gasteiger partial charge in [-0.05, 0) is 30.4 Å². The molecule has 13 heavy (non-hydrogen) atoms. The largest absolute Gasteiger partial charge is 0.383 e. The van der Waals surface area contributed by atoms with Crippen molar-refractivity contribution in [2.45, 2.75) is 25.4 Å². The smallest absolute Gasteiger partial charge is 0.128 e. The Morgan fingerprint density at radius 2 is 2.38 bits per heavy atom. The summed E-state index contributed by atoms with van der Waals surface area (Å²) in [5, 5.41) is 0. The van der Waals surface area contributed by atoms with Crippen molar-refractivity contribution in [1.29, 1.82) is 0 Å². The highest BCUT2D eigenvalue weighted by atomic mass is 16.5. The molecule has 3 heteroatoms. The second-order valence-electron chi connectivity index (χ2n) is 3.52. The van der Waals surface area contributed by atoms with Crippen LogP contribution in [0.5, 0.6) is 0 Å². The molecule has 1 aromatic heterocycles. The number of aromatic nitrogens is 1. The van der Waals surface area contributed by atoms with E-state index in [0.29, 0.717) is 12.4 Å². The van der Waals surface area contributed by atoms with Crippen molar-refractivity contribution in [3.8, 4) is 0 Å². The van der Waals surface area contributed by atoms with Crippen molar-refractivity contribution in [1.82, 2.24) is 4.98 Å². The van der Waals surface area contributed by atoms with Gasteiger partial charge in [-0.15, -0.1) is 0 Å². The lowest BCUT2D eigenvalue weighted by molar-refractivity contribution is 0.185. The zero-order chi connectivity index (χ0) is 9.26. The Bertz CT molecular complexity index is 308. The number of hydrogen-bond donors (Lipinski definition) is 1. The molecule has 1 aromatic rings. The highest BCUT2D eigenvalue weighted by Gasteiger charge is 2.24. The fourth-order valence-electron chi connectivity index (χ4n) is 1.45. The van der Waals surface area contributed by atoms with Crippen molar-refractivity contribution in [2.24, 2.45) is 0 Å². The fourth-order valence-corrected chi connectivity index (χ4v) is 1.45. The molecule has 2 N–H and O–H groups in total. The van der Waals surface area contributed by atoms with Gasteiger partial charge in [0.15, 0.2) is 0 Å². The van der Waals surface area contributed by atoms with E-state index >= 15 is 0 Å². The van der Waals surface area contributed by atoms with Crippen LogP contribution in [0.4, 0.5) is 5.82 Å². The van der Waals surface area contributed by atoms with E-state index in [1.807, 2.05) is 6.20 Å². The van der Waals surface area contributed by atoms with Crippen LogP contribution in [-0.2, 0) is 11.3 Å². The van der Waals surface area contributed by atoms with E-state index in [2.05, 4.69) is 11.1 Å². The van der Waals surface area contributed by atoms with Crippen LogP contribution in [0, 0.1) is 0 Å². The van der Waals surface area contributed by atoms with E-state index in [9.17, 15) is 0 Å². The van der Waals surface area contributed by atoms with Crippen LogP contribution in [0.15, 0.2) is 12.3 Å². The predicted molar refractivity (Wildman–Crippen MR) is 51.3 cm³/mol. The van der Waals surface area contributed by atoms with E-state index in [1.54, 1.807) is 7.11 Å². The van der Waals surface area contributed by atoms with Crippen LogP contribution < -0.4 is 5.73 Å². The number of nitrogen functional groups attached to an aromatic ring is 1. The zero-order valence-electron chi connectivity index (χ0n) is 7.79. The molecule has 0 spiro atoms. The summed E-state index contributed by atoms with van der Waals surface area (Å²) in [6, 6.07) is 2.11. The van der Waals surface area contributed by atoms with Gasteiger partial charge >= 0.3 is 0 Å². The van der Waals surface area contributed by atoms with E-state index in [-0.39, 0.29) is 0 Å². The topological polar surface area (TPSA) is 48.1 Å². The van der Waals surface area contributed by atoms with Crippen molar-refractivity contribution >= 4 is 5.82 Å². The Balaban J connectivity index is 2.25. The Hall–Kier alpha value is -1.09. The summed E-state index contributed by atoms with van der Waals surface area (Å²) in [5.41, 5.74) is 8.02. The molecule has 3 nitrogen and oxygen atoms in total. The number of rotatable bonds is 3. The van der Waals surface area contributed by atoms with Gasteiger partial charge in [0.1, 0.15) is 5.82 Å². The van der Waals surface area contributed by atoms with E-state index in [0.717, 1.165) is 11.5 Å². The summed E-state index contributed by atoms with van der Waals surface area (Å²) in [7, 11) is 1.67. The maximum absolute atomic E-state index is 5.70. The van der Waals surface area contributed by atoms with Crippen molar-refractivity contribution < 1.29 is 4.74 Å². The second kappa shape index (κ2) is 3.34. The van der Waals surface area contributed by atoms with Gasteiger partial charge in [0.05, 0.1) is 6.61 Å². The Kier molecular flexibility index (Phi) is 2.19. The molecule has 70 valence electrons. The highest BCUT2D eigenvalue weighted by Crippen LogP contribution is 2.40. The van der Waals surface area contributed by atoms with Crippen LogP contribution in [0.25, 0.3) is 0 Å². The lowest BCUT2D eigenvalue weighted by Gasteiger charge is -2.05. The summed E-state index contributed by atoms with van der Waals surface area (Å²) in [6.07, 6.45) is 4.46. The molecule has 2 rings (SSSR count).